The average Bonchev–Trinajstić information content (AvgIpc) is 2.98. The number of nitrogens with two attached hydrogens (primary N) is 1. The minimum absolute atomic E-state index is 0.234. The maximum absolute atomic E-state index is 12.7. The summed E-state index contributed by atoms with van der Waals surface area (Å²) in [6.07, 6.45) is 4.53. The highest BCUT2D eigenvalue weighted by molar-refractivity contribution is 7.14. The largest absolute Gasteiger partial charge is 0.455 e. The van der Waals surface area contributed by atoms with Gasteiger partial charge < -0.3 is 20.9 Å². The van der Waals surface area contributed by atoms with Crippen LogP contribution in [0.2, 0.25) is 0 Å². The second-order valence-electron chi connectivity index (χ2n) is 8.12. The van der Waals surface area contributed by atoms with Crippen molar-refractivity contribution in [3.8, 4) is 0 Å². The van der Waals surface area contributed by atoms with Crippen molar-refractivity contribution in [1.82, 2.24) is 0 Å². The second kappa shape index (κ2) is 6.06. The van der Waals surface area contributed by atoms with Crippen molar-refractivity contribution in [3.63, 3.8) is 0 Å². The van der Waals surface area contributed by atoms with Gasteiger partial charge in [0.05, 0.1) is 16.6 Å². The van der Waals surface area contributed by atoms with E-state index in [1.165, 1.54) is 17.4 Å². The Morgan fingerprint density at radius 2 is 1.96 bits per heavy atom. The van der Waals surface area contributed by atoms with E-state index in [4.69, 9.17) is 10.5 Å². The number of carbonyl (C=O) groups excluding carboxylic acids is 3. The van der Waals surface area contributed by atoms with Crippen molar-refractivity contribution in [1.29, 1.82) is 0 Å². The molecule has 2 atom stereocenters. The van der Waals surface area contributed by atoms with E-state index in [1.807, 2.05) is 0 Å². The molecule has 26 heavy (non-hydrogen) atoms. The van der Waals surface area contributed by atoms with E-state index in [0.717, 1.165) is 32.1 Å². The molecule has 2 unspecified atom stereocenters. The maximum atomic E-state index is 12.7. The molecule has 5 rings (SSSR count). The molecular formula is C18H22N2O5S. The molecule has 2 amide bonds. The topological polar surface area (TPSA) is 119 Å². The molecule has 0 aliphatic heterocycles. The van der Waals surface area contributed by atoms with Gasteiger partial charge in [0, 0.05) is 0 Å². The van der Waals surface area contributed by atoms with Crippen LogP contribution in [0.15, 0.2) is 11.4 Å². The van der Waals surface area contributed by atoms with Gasteiger partial charge in [-0.25, -0.2) is 0 Å². The van der Waals surface area contributed by atoms with Crippen LogP contribution in [0.5, 0.6) is 0 Å². The van der Waals surface area contributed by atoms with Crippen molar-refractivity contribution in [2.75, 3.05) is 11.9 Å². The fourth-order valence-electron chi connectivity index (χ4n) is 5.50. The molecule has 0 spiro atoms. The number of hydrogen-bond donors (Lipinski definition) is 3. The number of primary amides is 1. The van der Waals surface area contributed by atoms with E-state index in [2.05, 4.69) is 5.32 Å². The summed E-state index contributed by atoms with van der Waals surface area (Å²) in [6.45, 7) is -0.412. The Bertz CT molecular complexity index is 759. The zero-order valence-corrected chi connectivity index (χ0v) is 15.1. The highest BCUT2D eigenvalue weighted by Gasteiger charge is 2.60. The van der Waals surface area contributed by atoms with E-state index < -0.39 is 29.4 Å². The Morgan fingerprint density at radius 1 is 1.27 bits per heavy atom. The summed E-state index contributed by atoms with van der Waals surface area (Å²) in [5.74, 6) is -0.785. The van der Waals surface area contributed by atoms with Gasteiger partial charge in [-0.3, -0.25) is 14.4 Å². The van der Waals surface area contributed by atoms with Gasteiger partial charge >= 0.3 is 5.97 Å². The smallest absolute Gasteiger partial charge is 0.312 e. The number of aliphatic hydroxyl groups is 1. The highest BCUT2D eigenvalue weighted by atomic mass is 32.1. The van der Waals surface area contributed by atoms with Crippen LogP contribution in [0.1, 0.15) is 48.9 Å². The Balaban J connectivity index is 1.37. The highest BCUT2D eigenvalue weighted by Crippen LogP contribution is 2.61. The summed E-state index contributed by atoms with van der Waals surface area (Å²) in [5, 5.41) is 15.3. The minimum Gasteiger partial charge on any atom is -0.455 e. The third-order valence-electron chi connectivity index (χ3n) is 5.98. The van der Waals surface area contributed by atoms with Crippen LogP contribution in [0.3, 0.4) is 0 Å². The molecule has 1 heterocycles. The average molecular weight is 378 g/mol. The Morgan fingerprint density at radius 3 is 2.58 bits per heavy atom. The SMILES string of the molecule is NC(=O)c1ccsc1NC(=O)COC(=O)C12CC3CC(CC(O)(C3)C1)C2. The first kappa shape index (κ1) is 17.5. The van der Waals surface area contributed by atoms with Gasteiger partial charge in [0.15, 0.2) is 6.61 Å². The summed E-state index contributed by atoms with van der Waals surface area (Å²) >= 11 is 1.18. The summed E-state index contributed by atoms with van der Waals surface area (Å²) in [5.41, 5.74) is 4.08. The molecule has 4 fully saturated rings. The van der Waals surface area contributed by atoms with Crippen molar-refractivity contribution in [3.05, 3.63) is 17.0 Å². The zero-order valence-electron chi connectivity index (χ0n) is 14.3. The summed E-state index contributed by atoms with van der Waals surface area (Å²) < 4.78 is 5.31. The van der Waals surface area contributed by atoms with Crippen molar-refractivity contribution < 1.29 is 24.2 Å². The third-order valence-corrected chi connectivity index (χ3v) is 6.81. The molecule has 4 N–H and O–H groups in total. The number of thiophene rings is 1. The number of nitrogens with one attached hydrogen (secondary N) is 1. The van der Waals surface area contributed by atoms with E-state index in [0.29, 0.717) is 23.3 Å². The quantitative estimate of drug-likeness (QED) is 0.673. The molecule has 4 bridgehead atoms. The van der Waals surface area contributed by atoms with Crippen LogP contribution in [-0.4, -0.2) is 35.1 Å². The molecule has 7 nitrogen and oxygen atoms in total. The van der Waals surface area contributed by atoms with Crippen LogP contribution in [0.25, 0.3) is 0 Å². The lowest BCUT2D eigenvalue weighted by molar-refractivity contribution is -0.196. The molecule has 4 saturated carbocycles. The first-order valence-electron chi connectivity index (χ1n) is 8.85. The number of ether oxygens (including phenoxy) is 1. The summed E-state index contributed by atoms with van der Waals surface area (Å²) in [6, 6.07) is 1.53. The number of rotatable bonds is 5. The lowest BCUT2D eigenvalue weighted by atomic mass is 9.48. The molecule has 4 aliphatic carbocycles. The molecule has 1 aromatic heterocycles. The van der Waals surface area contributed by atoms with E-state index in [-0.39, 0.29) is 11.5 Å². The van der Waals surface area contributed by atoms with Crippen LogP contribution >= 0.6 is 11.3 Å². The van der Waals surface area contributed by atoms with Crippen molar-refractivity contribution >= 4 is 34.1 Å². The van der Waals surface area contributed by atoms with Gasteiger partial charge in [-0.15, -0.1) is 11.3 Å². The van der Waals surface area contributed by atoms with Crippen LogP contribution in [-0.2, 0) is 14.3 Å². The molecule has 1 aromatic rings. The van der Waals surface area contributed by atoms with E-state index in [1.54, 1.807) is 5.38 Å². The van der Waals surface area contributed by atoms with Gasteiger partial charge in [0.2, 0.25) is 0 Å². The summed E-state index contributed by atoms with van der Waals surface area (Å²) in [7, 11) is 0. The molecule has 4 aliphatic rings. The Labute approximate surface area is 154 Å². The monoisotopic (exact) mass is 378 g/mol. The standard InChI is InChI=1S/C18H22N2O5S/c19-14(22)12-1-2-26-15(12)20-13(21)8-25-16(23)17-4-10-3-11(5-17)7-18(24,6-10)9-17/h1-2,10-11,24H,3-9H2,(H2,19,22)(H,20,21). The number of esters is 1. The molecule has 0 radical (unpaired) electrons. The first-order valence-corrected chi connectivity index (χ1v) is 9.73. The zero-order chi connectivity index (χ0) is 18.5. The molecule has 140 valence electrons. The lowest BCUT2D eigenvalue weighted by Crippen LogP contribution is -2.58. The molecule has 8 heteroatoms. The predicted molar refractivity (Wildman–Crippen MR) is 94.5 cm³/mol. The van der Waals surface area contributed by atoms with Crippen LogP contribution in [0, 0.1) is 17.3 Å². The predicted octanol–water partition coefficient (Wildman–Crippen LogP) is 1.66. The number of amides is 2. The van der Waals surface area contributed by atoms with Gasteiger partial charge in [-0.05, 0) is 61.8 Å². The number of anilines is 1. The second-order valence-corrected chi connectivity index (χ2v) is 9.03. The van der Waals surface area contributed by atoms with Gasteiger partial charge in [0.25, 0.3) is 11.8 Å². The van der Waals surface area contributed by atoms with Crippen molar-refractivity contribution in [2.45, 2.75) is 44.1 Å². The Kier molecular flexibility index (Phi) is 4.07. The normalized spacial score (nSPS) is 34.5. The summed E-state index contributed by atoms with van der Waals surface area (Å²) in [4.78, 5) is 36.1. The lowest BCUT2D eigenvalue weighted by Gasteiger charge is -2.58. The number of hydrogen-bond acceptors (Lipinski definition) is 6. The first-order chi connectivity index (χ1) is 12.3. The minimum atomic E-state index is -0.751. The fourth-order valence-corrected chi connectivity index (χ4v) is 6.31. The van der Waals surface area contributed by atoms with E-state index >= 15 is 0 Å². The molecule has 0 saturated heterocycles. The van der Waals surface area contributed by atoms with E-state index in [9.17, 15) is 19.5 Å². The third kappa shape index (κ3) is 3.01. The van der Waals surface area contributed by atoms with Gasteiger partial charge in [-0.1, -0.05) is 0 Å². The number of carbonyl (C=O) groups is 3. The Hall–Kier alpha value is -1.93. The van der Waals surface area contributed by atoms with Gasteiger partial charge in [0.1, 0.15) is 5.00 Å². The molecular weight excluding hydrogens is 356 g/mol. The van der Waals surface area contributed by atoms with Crippen molar-refractivity contribution in [2.24, 2.45) is 23.0 Å². The fraction of sp³-hybridized carbons (Fsp3) is 0.611. The van der Waals surface area contributed by atoms with Crippen LogP contribution < -0.4 is 11.1 Å². The van der Waals surface area contributed by atoms with Gasteiger partial charge in [-0.2, -0.15) is 0 Å². The maximum Gasteiger partial charge on any atom is 0.312 e. The molecule has 0 aromatic carbocycles. The van der Waals surface area contributed by atoms with Crippen LogP contribution in [0.4, 0.5) is 5.00 Å².